The number of hydrogen-bond acceptors (Lipinski definition) is 4. The van der Waals surface area contributed by atoms with Gasteiger partial charge in [-0.1, -0.05) is 42.5 Å². The van der Waals surface area contributed by atoms with Crippen molar-refractivity contribution in [2.24, 2.45) is 0 Å². The van der Waals surface area contributed by atoms with Crippen LogP contribution in [-0.4, -0.2) is 39.9 Å². The number of fused-ring (bicyclic) bond motifs is 2. The number of hydrogen-bond donors (Lipinski definition) is 2. The van der Waals surface area contributed by atoms with Gasteiger partial charge < -0.3 is 4.90 Å². The summed E-state index contributed by atoms with van der Waals surface area (Å²) in [5.74, 6) is -0.0797. The van der Waals surface area contributed by atoms with Crippen molar-refractivity contribution in [3.63, 3.8) is 0 Å². The topological polar surface area (TPSA) is 69.5 Å². The number of thiol groups is 1. The molecule has 0 unspecified atom stereocenters. The molecule has 0 radical (unpaired) electrons. The lowest BCUT2D eigenvalue weighted by Crippen LogP contribution is -2.36. The maximum Gasteiger partial charge on any atom is 0.502 e. The fourth-order valence-corrected chi connectivity index (χ4v) is 4.02. The third kappa shape index (κ3) is 4.78. The molecule has 6 nitrogen and oxygen atoms in total. The number of carbonyl (C=O) groups is 3. The van der Waals surface area contributed by atoms with E-state index in [0.29, 0.717) is 22.9 Å². The van der Waals surface area contributed by atoms with Gasteiger partial charge in [0.05, 0.1) is 35.4 Å². The smallest absolute Gasteiger partial charge is 0.329 e. The highest BCUT2D eigenvalue weighted by atomic mass is 35.5. The Morgan fingerprint density at radius 1 is 1.21 bits per heavy atom. The molecule has 156 valence electrons. The van der Waals surface area contributed by atoms with Gasteiger partial charge in [0.25, 0.3) is 0 Å². The van der Waals surface area contributed by atoms with E-state index in [4.69, 9.17) is 23.2 Å². The highest BCUT2D eigenvalue weighted by Crippen LogP contribution is 2.57. The first-order valence-corrected chi connectivity index (χ1v) is 10.8. The van der Waals surface area contributed by atoms with Crippen LogP contribution < -0.4 is 5.32 Å². The van der Waals surface area contributed by atoms with Gasteiger partial charge in [-0.2, -0.15) is 4.79 Å². The van der Waals surface area contributed by atoms with Crippen molar-refractivity contribution in [3.8, 4) is 0 Å². The van der Waals surface area contributed by atoms with Crippen molar-refractivity contribution in [2.75, 3.05) is 7.05 Å². The quantitative estimate of drug-likeness (QED) is 0.310. The third-order valence-corrected chi connectivity index (χ3v) is 6.44. The minimum atomic E-state index is -0.528. The van der Waals surface area contributed by atoms with E-state index in [0.717, 1.165) is 27.9 Å². The third-order valence-electron chi connectivity index (χ3n) is 5.28. The Balaban J connectivity index is 0.000000732. The number of amides is 3. The Kier molecular flexibility index (Phi) is 6.91. The zero-order chi connectivity index (χ0) is 21.2. The van der Waals surface area contributed by atoms with Gasteiger partial charge in [0.1, 0.15) is 0 Å². The molecule has 1 aromatic carbocycles. The van der Waals surface area contributed by atoms with Gasteiger partial charge in [0.2, 0.25) is 5.91 Å². The standard InChI is InChI=1S/C17H17Cl2N3O3S.C3H6/c1-20-16(25)22(26)11(9-23)2-3-15(24)21-8-10-6-13(18)14(19)7-12(10)17(21)4-5-17;1-2-3-1/h6-7,9H,2-5,8H2,1H3,(H-,20,23,25,26);1-3H2/p+1. The number of nitrogens with zero attached hydrogens (tertiary/aromatic N) is 2. The molecule has 0 atom stereocenters. The van der Waals surface area contributed by atoms with E-state index >= 15 is 0 Å². The first kappa shape index (κ1) is 22.1. The average molecular weight is 457 g/mol. The molecule has 0 saturated heterocycles. The lowest BCUT2D eigenvalue weighted by molar-refractivity contribution is -0.232. The second-order valence-corrected chi connectivity index (χ2v) is 8.69. The van der Waals surface area contributed by atoms with Crippen molar-refractivity contribution < 1.29 is 18.4 Å². The number of aldehydes is 1. The molecule has 0 aromatic heterocycles. The summed E-state index contributed by atoms with van der Waals surface area (Å²) in [6.07, 6.45) is 7.04. The molecule has 4 rings (SSSR count). The number of urea groups is 1. The van der Waals surface area contributed by atoms with E-state index in [1.165, 1.54) is 26.3 Å². The molecular weight excluding hydrogens is 433 g/mol. The molecule has 2 saturated carbocycles. The summed E-state index contributed by atoms with van der Waals surface area (Å²) in [5.41, 5.74) is 1.89. The Labute approximate surface area is 185 Å². The maximum atomic E-state index is 12.8. The first-order valence-electron chi connectivity index (χ1n) is 9.64. The van der Waals surface area contributed by atoms with E-state index < -0.39 is 6.03 Å². The normalized spacial score (nSPS) is 18.3. The van der Waals surface area contributed by atoms with Crippen LogP contribution in [0.25, 0.3) is 0 Å². The molecular formula is C20H24Cl2N3O3S+. The van der Waals surface area contributed by atoms with Crippen LogP contribution in [0.2, 0.25) is 10.0 Å². The highest BCUT2D eigenvalue weighted by molar-refractivity contribution is 7.74. The molecule has 2 fully saturated rings. The number of benzene rings is 1. The summed E-state index contributed by atoms with van der Waals surface area (Å²) >= 11 is 16.2. The summed E-state index contributed by atoms with van der Waals surface area (Å²) in [5, 5.41) is 3.34. The summed E-state index contributed by atoms with van der Waals surface area (Å²) in [4.78, 5) is 37.4. The van der Waals surface area contributed by atoms with Gasteiger partial charge >= 0.3 is 6.03 Å². The van der Waals surface area contributed by atoms with Crippen LogP contribution in [-0.2, 0) is 21.7 Å². The summed E-state index contributed by atoms with van der Waals surface area (Å²) in [6.45, 7) is 0.474. The lowest BCUT2D eigenvalue weighted by Gasteiger charge is -2.25. The first-order chi connectivity index (χ1) is 13.8. The van der Waals surface area contributed by atoms with Crippen LogP contribution in [0, 0.1) is 0 Å². The SMILES string of the molecule is C1CC1.CNC(=O)/[N+](S)=C(\C=O)CCC(=O)N1Cc2cc(Cl)c(Cl)cc2C12CC2. The Hall–Kier alpha value is -1.57. The van der Waals surface area contributed by atoms with Crippen LogP contribution in [0.15, 0.2) is 12.1 Å². The molecule has 3 amide bonds. The number of carbonyl (C=O) groups excluding carboxylic acids is 3. The molecule has 1 aromatic rings. The summed E-state index contributed by atoms with van der Waals surface area (Å²) in [6, 6.07) is 3.14. The van der Waals surface area contributed by atoms with Crippen LogP contribution in [0.3, 0.4) is 0 Å². The fraction of sp³-hybridized carbons (Fsp3) is 0.500. The van der Waals surface area contributed by atoms with Gasteiger partial charge in [-0.3, -0.25) is 9.59 Å². The maximum absolute atomic E-state index is 12.8. The van der Waals surface area contributed by atoms with Crippen molar-refractivity contribution >= 4 is 60.0 Å². The number of halogens is 2. The summed E-state index contributed by atoms with van der Waals surface area (Å²) < 4.78 is 0.922. The van der Waals surface area contributed by atoms with E-state index in [-0.39, 0.29) is 30.0 Å². The molecule has 2 aliphatic carbocycles. The molecule has 0 bridgehead atoms. The lowest BCUT2D eigenvalue weighted by atomic mass is 10.0. The molecule has 1 spiro atoms. The molecule has 9 heteroatoms. The summed E-state index contributed by atoms with van der Waals surface area (Å²) in [7, 11) is 1.44. The van der Waals surface area contributed by atoms with E-state index in [1.54, 1.807) is 0 Å². The minimum Gasteiger partial charge on any atom is -0.329 e. The molecule has 1 N–H and O–H groups in total. The van der Waals surface area contributed by atoms with Crippen molar-refractivity contribution in [3.05, 3.63) is 33.3 Å². The second kappa shape index (κ2) is 9.06. The van der Waals surface area contributed by atoms with Gasteiger partial charge in [-0.05, 0) is 36.1 Å². The van der Waals surface area contributed by atoms with Crippen LogP contribution >= 0.6 is 36.0 Å². The zero-order valence-corrected chi connectivity index (χ0v) is 18.6. The van der Waals surface area contributed by atoms with Crippen molar-refractivity contribution in [1.82, 2.24) is 10.2 Å². The van der Waals surface area contributed by atoms with Gasteiger partial charge in [0, 0.05) is 19.4 Å². The monoisotopic (exact) mass is 456 g/mol. The van der Waals surface area contributed by atoms with Gasteiger partial charge in [-0.15, -0.1) is 3.98 Å². The van der Waals surface area contributed by atoms with E-state index in [9.17, 15) is 14.4 Å². The predicted molar refractivity (Wildman–Crippen MR) is 116 cm³/mol. The second-order valence-electron chi connectivity index (χ2n) is 7.47. The van der Waals surface area contributed by atoms with Crippen molar-refractivity contribution in [1.29, 1.82) is 0 Å². The van der Waals surface area contributed by atoms with Gasteiger partial charge in [0.15, 0.2) is 12.0 Å². The predicted octanol–water partition coefficient (Wildman–Crippen LogP) is 4.11. The van der Waals surface area contributed by atoms with Gasteiger partial charge in [-0.25, -0.2) is 5.32 Å². The van der Waals surface area contributed by atoms with Crippen LogP contribution in [0.4, 0.5) is 4.79 Å². The van der Waals surface area contributed by atoms with E-state index in [1.807, 2.05) is 17.0 Å². The number of rotatable bonds is 4. The Morgan fingerprint density at radius 2 is 1.83 bits per heavy atom. The van der Waals surface area contributed by atoms with E-state index in [2.05, 4.69) is 18.1 Å². The van der Waals surface area contributed by atoms with Crippen LogP contribution in [0.5, 0.6) is 0 Å². The van der Waals surface area contributed by atoms with Crippen molar-refractivity contribution in [2.45, 2.75) is 57.0 Å². The molecule has 1 aliphatic heterocycles. The molecule has 1 heterocycles. The largest absolute Gasteiger partial charge is 0.502 e. The molecule has 29 heavy (non-hydrogen) atoms. The van der Waals surface area contributed by atoms with Crippen LogP contribution in [0.1, 0.15) is 56.1 Å². The minimum absolute atomic E-state index is 0.0797. The zero-order valence-electron chi connectivity index (χ0n) is 16.2. The Bertz CT molecular complexity index is 879. The highest BCUT2D eigenvalue weighted by Gasteiger charge is 2.56. The Morgan fingerprint density at radius 3 is 2.34 bits per heavy atom. The average Bonchev–Trinajstić information content (AvgIpc) is 3.61. The fourth-order valence-electron chi connectivity index (χ4n) is 3.42. The molecule has 3 aliphatic rings. The number of nitrogens with one attached hydrogen (secondary N) is 1.